The first-order valence-corrected chi connectivity index (χ1v) is 6.48. The highest BCUT2D eigenvalue weighted by molar-refractivity contribution is 8.00. The van der Waals surface area contributed by atoms with E-state index < -0.39 is 0 Å². The maximum absolute atomic E-state index is 12.6. The summed E-state index contributed by atoms with van der Waals surface area (Å²) in [4.78, 5) is 24.2. The van der Waals surface area contributed by atoms with Crippen molar-refractivity contribution < 1.29 is 14.0 Å². The molecule has 0 spiro atoms. The third kappa shape index (κ3) is 5.18. The van der Waals surface area contributed by atoms with Crippen LogP contribution in [0.1, 0.15) is 0 Å². The summed E-state index contributed by atoms with van der Waals surface area (Å²) in [6, 6.07) is 5.53. The minimum absolute atomic E-state index is 0.0328. The van der Waals surface area contributed by atoms with Crippen LogP contribution >= 0.6 is 11.8 Å². The van der Waals surface area contributed by atoms with Gasteiger partial charge in [-0.2, -0.15) is 0 Å². The van der Waals surface area contributed by atoms with Crippen LogP contribution in [-0.4, -0.2) is 42.3 Å². The van der Waals surface area contributed by atoms with Crippen molar-refractivity contribution in [3.63, 3.8) is 0 Å². The van der Waals surface area contributed by atoms with Crippen LogP contribution in [0, 0.1) is 5.82 Å². The Hall–Kier alpha value is -1.56. The van der Waals surface area contributed by atoms with Crippen LogP contribution in [-0.2, 0) is 9.59 Å². The van der Waals surface area contributed by atoms with Crippen LogP contribution in [0.15, 0.2) is 24.3 Å². The highest BCUT2D eigenvalue weighted by Crippen LogP contribution is 2.09. The minimum atomic E-state index is -0.348. The third-order valence-corrected chi connectivity index (χ3v) is 3.00. The van der Waals surface area contributed by atoms with Crippen molar-refractivity contribution in [1.29, 1.82) is 0 Å². The number of carbonyl (C=O) groups excluding carboxylic acids is 2. The Labute approximate surface area is 110 Å². The molecule has 0 aliphatic heterocycles. The lowest BCUT2D eigenvalue weighted by Crippen LogP contribution is -2.24. The Morgan fingerprint density at radius 2 is 1.83 bits per heavy atom. The summed E-state index contributed by atoms with van der Waals surface area (Å²) >= 11 is 1.24. The van der Waals surface area contributed by atoms with Gasteiger partial charge in [-0.25, -0.2) is 4.39 Å². The average Bonchev–Trinajstić information content (AvgIpc) is 2.32. The van der Waals surface area contributed by atoms with E-state index in [0.717, 1.165) is 0 Å². The van der Waals surface area contributed by atoms with Crippen molar-refractivity contribution >= 4 is 29.3 Å². The average molecular weight is 270 g/mol. The fourth-order valence-electron chi connectivity index (χ4n) is 1.09. The lowest BCUT2D eigenvalue weighted by Gasteiger charge is -2.09. The predicted octanol–water partition coefficient (Wildman–Crippen LogP) is 1.59. The van der Waals surface area contributed by atoms with Gasteiger partial charge < -0.3 is 10.2 Å². The normalized spacial score (nSPS) is 9.94. The van der Waals surface area contributed by atoms with Crippen molar-refractivity contribution in [3.8, 4) is 0 Å². The summed E-state index contributed by atoms with van der Waals surface area (Å²) in [5.41, 5.74) is 0.543. The maximum atomic E-state index is 12.6. The summed E-state index contributed by atoms with van der Waals surface area (Å²) in [6.45, 7) is 0. The molecule has 0 radical (unpaired) electrons. The molecule has 0 saturated heterocycles. The van der Waals surface area contributed by atoms with E-state index >= 15 is 0 Å². The van der Waals surface area contributed by atoms with E-state index in [4.69, 9.17) is 0 Å². The molecule has 1 N–H and O–H groups in total. The first kappa shape index (κ1) is 14.5. The molecule has 0 bridgehead atoms. The molecule has 0 unspecified atom stereocenters. The van der Waals surface area contributed by atoms with Gasteiger partial charge in [0.1, 0.15) is 5.82 Å². The molecule has 0 aromatic heterocycles. The predicted molar refractivity (Wildman–Crippen MR) is 71.0 cm³/mol. The molecular weight excluding hydrogens is 255 g/mol. The molecule has 1 aromatic rings. The van der Waals surface area contributed by atoms with E-state index in [2.05, 4.69) is 5.32 Å². The second kappa shape index (κ2) is 7.00. The minimum Gasteiger partial charge on any atom is -0.348 e. The van der Waals surface area contributed by atoms with Gasteiger partial charge in [-0.15, -0.1) is 11.8 Å². The van der Waals surface area contributed by atoms with Crippen LogP contribution < -0.4 is 5.32 Å². The van der Waals surface area contributed by atoms with Gasteiger partial charge in [0.15, 0.2) is 0 Å². The van der Waals surface area contributed by atoms with E-state index in [9.17, 15) is 14.0 Å². The summed E-state index contributed by atoms with van der Waals surface area (Å²) in [6.07, 6.45) is 0. The Bertz CT molecular complexity index is 421. The SMILES string of the molecule is CN(C)C(=O)CSCC(=O)Nc1ccc(F)cc1. The van der Waals surface area contributed by atoms with E-state index in [1.807, 2.05) is 0 Å². The van der Waals surface area contributed by atoms with Crippen LogP contribution in [0.5, 0.6) is 0 Å². The number of benzene rings is 1. The fourth-order valence-corrected chi connectivity index (χ4v) is 1.88. The zero-order valence-electron chi connectivity index (χ0n) is 10.3. The quantitative estimate of drug-likeness (QED) is 0.884. The highest BCUT2D eigenvalue weighted by atomic mass is 32.2. The van der Waals surface area contributed by atoms with Gasteiger partial charge in [0.2, 0.25) is 11.8 Å². The number of nitrogens with one attached hydrogen (secondary N) is 1. The standard InChI is InChI=1S/C12H15FN2O2S/c1-15(2)12(17)8-18-7-11(16)14-10-5-3-9(13)4-6-10/h3-6H,7-8H2,1-2H3,(H,14,16). The molecule has 1 aromatic carbocycles. The number of hydrogen-bond acceptors (Lipinski definition) is 3. The van der Waals surface area contributed by atoms with Gasteiger partial charge in [0, 0.05) is 19.8 Å². The van der Waals surface area contributed by atoms with E-state index in [0.29, 0.717) is 5.69 Å². The third-order valence-electron chi connectivity index (χ3n) is 2.09. The van der Waals surface area contributed by atoms with Gasteiger partial charge in [-0.1, -0.05) is 0 Å². The molecule has 6 heteroatoms. The summed E-state index contributed by atoms with van der Waals surface area (Å²) in [5, 5.41) is 2.62. The summed E-state index contributed by atoms with van der Waals surface area (Å²) in [7, 11) is 3.34. The first-order valence-electron chi connectivity index (χ1n) is 5.32. The van der Waals surface area contributed by atoms with Crippen molar-refractivity contribution in [2.75, 3.05) is 30.9 Å². The zero-order valence-corrected chi connectivity index (χ0v) is 11.1. The van der Waals surface area contributed by atoms with E-state index in [1.165, 1.54) is 40.9 Å². The summed E-state index contributed by atoms with van der Waals surface area (Å²) < 4.78 is 12.6. The molecule has 98 valence electrons. The van der Waals surface area contributed by atoms with Crippen molar-refractivity contribution in [2.45, 2.75) is 0 Å². The van der Waals surface area contributed by atoms with Crippen LogP contribution in [0.4, 0.5) is 10.1 Å². The molecule has 0 aliphatic carbocycles. The van der Waals surface area contributed by atoms with Gasteiger partial charge in [0.25, 0.3) is 0 Å². The van der Waals surface area contributed by atoms with Gasteiger partial charge in [0.05, 0.1) is 11.5 Å². The lowest BCUT2D eigenvalue weighted by atomic mass is 10.3. The number of hydrogen-bond donors (Lipinski definition) is 1. The van der Waals surface area contributed by atoms with E-state index in [1.54, 1.807) is 14.1 Å². The molecule has 0 aliphatic rings. The number of amides is 2. The largest absolute Gasteiger partial charge is 0.348 e. The number of thioether (sulfide) groups is 1. The summed E-state index contributed by atoms with van der Waals surface area (Å²) in [5.74, 6) is -0.132. The lowest BCUT2D eigenvalue weighted by molar-refractivity contribution is -0.125. The molecule has 0 atom stereocenters. The van der Waals surface area contributed by atoms with Gasteiger partial charge in [-0.05, 0) is 24.3 Å². The second-order valence-corrected chi connectivity index (χ2v) is 4.82. The first-order chi connectivity index (χ1) is 8.49. The van der Waals surface area contributed by atoms with Crippen molar-refractivity contribution in [1.82, 2.24) is 4.90 Å². The number of nitrogens with zero attached hydrogens (tertiary/aromatic N) is 1. The second-order valence-electron chi connectivity index (χ2n) is 3.84. The van der Waals surface area contributed by atoms with E-state index in [-0.39, 0.29) is 29.1 Å². The number of rotatable bonds is 5. The van der Waals surface area contributed by atoms with Gasteiger partial charge >= 0.3 is 0 Å². The molecule has 0 saturated carbocycles. The topological polar surface area (TPSA) is 49.4 Å². The Morgan fingerprint density at radius 3 is 2.39 bits per heavy atom. The molecule has 0 fully saturated rings. The molecule has 4 nitrogen and oxygen atoms in total. The number of anilines is 1. The number of carbonyl (C=O) groups is 2. The number of halogens is 1. The highest BCUT2D eigenvalue weighted by Gasteiger charge is 2.07. The monoisotopic (exact) mass is 270 g/mol. The van der Waals surface area contributed by atoms with Crippen LogP contribution in [0.25, 0.3) is 0 Å². The fraction of sp³-hybridized carbons (Fsp3) is 0.333. The van der Waals surface area contributed by atoms with Crippen molar-refractivity contribution in [3.05, 3.63) is 30.1 Å². The molecule has 18 heavy (non-hydrogen) atoms. The smallest absolute Gasteiger partial charge is 0.234 e. The zero-order chi connectivity index (χ0) is 13.5. The maximum Gasteiger partial charge on any atom is 0.234 e. The Balaban J connectivity index is 2.30. The molecule has 2 amide bonds. The Morgan fingerprint density at radius 1 is 1.22 bits per heavy atom. The molecule has 0 heterocycles. The molecule has 1 rings (SSSR count). The molecular formula is C12H15FN2O2S. The van der Waals surface area contributed by atoms with Crippen LogP contribution in [0.3, 0.4) is 0 Å². The van der Waals surface area contributed by atoms with Gasteiger partial charge in [-0.3, -0.25) is 9.59 Å². The van der Waals surface area contributed by atoms with Crippen molar-refractivity contribution in [2.24, 2.45) is 0 Å². The Kier molecular flexibility index (Phi) is 5.64. The van der Waals surface area contributed by atoms with Crippen LogP contribution in [0.2, 0.25) is 0 Å².